The van der Waals surface area contributed by atoms with Crippen molar-refractivity contribution in [1.82, 2.24) is 0 Å². The zero-order valence-electron chi connectivity index (χ0n) is 60.8. The van der Waals surface area contributed by atoms with Crippen LogP contribution in [0.5, 0.6) is 0 Å². The highest BCUT2D eigenvalue weighted by Gasteiger charge is 2.30. The van der Waals surface area contributed by atoms with Crippen molar-refractivity contribution in [2.24, 2.45) is 0 Å². The number of aliphatic hydroxyl groups excluding tert-OH is 1. The maximum absolute atomic E-state index is 13.1. The number of rotatable bonds is 72. The quantitative estimate of drug-likeness (QED) is 0.0169. The highest BCUT2D eigenvalue weighted by Crippen LogP contribution is 2.45. The van der Waals surface area contributed by atoms with E-state index in [0.717, 1.165) is 167 Å². The van der Waals surface area contributed by atoms with Crippen LogP contribution in [0.3, 0.4) is 0 Å². The van der Waals surface area contributed by atoms with Crippen LogP contribution in [0, 0.1) is 0 Å². The molecule has 558 valence electrons. The van der Waals surface area contributed by atoms with Gasteiger partial charge in [-0.3, -0.25) is 37.3 Å². The third-order valence-electron chi connectivity index (χ3n) is 16.1. The molecule has 17 nitrogen and oxygen atoms in total. The largest absolute Gasteiger partial charge is 0.472 e. The van der Waals surface area contributed by atoms with Crippen molar-refractivity contribution in [2.75, 3.05) is 39.6 Å². The van der Waals surface area contributed by atoms with E-state index in [-0.39, 0.29) is 25.7 Å². The third kappa shape index (κ3) is 69.0. The van der Waals surface area contributed by atoms with E-state index in [1.54, 1.807) is 0 Å². The molecule has 5 atom stereocenters. The smallest absolute Gasteiger partial charge is 0.462 e. The van der Waals surface area contributed by atoms with E-state index >= 15 is 0 Å². The van der Waals surface area contributed by atoms with Crippen LogP contribution in [0.15, 0.2) is 72.9 Å². The minimum Gasteiger partial charge on any atom is -0.462 e. The minimum atomic E-state index is -4.98. The number of aliphatic hydroxyl groups is 1. The predicted molar refractivity (Wildman–Crippen MR) is 390 cm³/mol. The summed E-state index contributed by atoms with van der Waals surface area (Å²) in [5.41, 5.74) is 0. The second-order valence-corrected chi connectivity index (χ2v) is 28.5. The van der Waals surface area contributed by atoms with Crippen LogP contribution in [0.2, 0.25) is 0 Å². The van der Waals surface area contributed by atoms with Gasteiger partial charge in [0.1, 0.15) is 19.3 Å². The van der Waals surface area contributed by atoms with Crippen molar-refractivity contribution < 1.29 is 80.2 Å². The maximum Gasteiger partial charge on any atom is 0.472 e. The molecule has 19 heteroatoms. The lowest BCUT2D eigenvalue weighted by Crippen LogP contribution is -2.30. The topological polar surface area (TPSA) is 237 Å². The van der Waals surface area contributed by atoms with Gasteiger partial charge in [-0.05, 0) is 135 Å². The first-order valence-corrected chi connectivity index (χ1v) is 41.2. The highest BCUT2D eigenvalue weighted by molar-refractivity contribution is 7.47. The van der Waals surface area contributed by atoms with Gasteiger partial charge in [-0.25, -0.2) is 9.13 Å². The standard InChI is InChI=1S/C77H138O17P2/c1-5-9-13-17-21-25-29-32-35-38-42-45-49-53-57-61-74(79)87-67-72(93-76(81)63-59-55-51-47-41-28-24-20-16-12-8-4)69-91-95(83,84)89-65-71(78)66-90-96(85,86)92-70-73(94-77(82)64-60-56-52-48-44-40-37-34-31-27-23-19-15-11-7-3)68-88-75(80)62-58-54-50-46-43-39-36-33-30-26-22-18-14-10-6-2/h20,22-24,26-27,32-37,71-73,78H,5-19,21,25,28-31,38-70H2,1-4H3,(H,83,84)(H,85,86)/b24-20-,26-22-,27-23-,35-32-,36-33-,37-34-. The number of esters is 4. The van der Waals surface area contributed by atoms with Gasteiger partial charge in [0.15, 0.2) is 12.2 Å². The molecule has 0 saturated carbocycles. The number of phosphoric acid groups is 2. The van der Waals surface area contributed by atoms with Gasteiger partial charge in [-0.15, -0.1) is 0 Å². The summed E-state index contributed by atoms with van der Waals surface area (Å²) in [6, 6.07) is 0. The van der Waals surface area contributed by atoms with Gasteiger partial charge in [0.2, 0.25) is 0 Å². The Morgan fingerprint density at radius 2 is 0.521 bits per heavy atom. The van der Waals surface area contributed by atoms with Crippen molar-refractivity contribution in [3.63, 3.8) is 0 Å². The molecule has 0 aliphatic carbocycles. The number of allylic oxidation sites excluding steroid dienone is 12. The molecule has 0 bridgehead atoms. The number of carbonyl (C=O) groups is 4. The summed E-state index contributed by atoms with van der Waals surface area (Å²) in [7, 11) is -9.95. The second kappa shape index (κ2) is 70.0. The fraction of sp³-hybridized carbons (Fsp3) is 0.792. The van der Waals surface area contributed by atoms with E-state index in [0.29, 0.717) is 25.7 Å². The summed E-state index contributed by atoms with van der Waals surface area (Å²) in [6.07, 6.45) is 68.9. The van der Waals surface area contributed by atoms with Crippen LogP contribution in [0.1, 0.15) is 336 Å². The van der Waals surface area contributed by atoms with Crippen molar-refractivity contribution in [2.45, 2.75) is 354 Å². The van der Waals surface area contributed by atoms with Crippen molar-refractivity contribution in [1.29, 1.82) is 0 Å². The molecule has 0 spiro atoms. The summed E-state index contributed by atoms with van der Waals surface area (Å²) in [6.45, 7) is 4.76. The number of hydrogen-bond acceptors (Lipinski definition) is 15. The Labute approximate surface area is 583 Å². The van der Waals surface area contributed by atoms with E-state index in [1.165, 1.54) is 89.9 Å². The van der Waals surface area contributed by atoms with Crippen molar-refractivity contribution >= 4 is 39.5 Å². The van der Waals surface area contributed by atoms with Crippen LogP contribution in [-0.4, -0.2) is 96.7 Å². The number of unbranched alkanes of at least 4 members (excludes halogenated alkanes) is 34. The molecule has 0 aromatic rings. The van der Waals surface area contributed by atoms with Gasteiger partial charge in [0, 0.05) is 25.7 Å². The molecular formula is C77H138O17P2. The van der Waals surface area contributed by atoms with E-state index in [2.05, 4.69) is 101 Å². The summed E-state index contributed by atoms with van der Waals surface area (Å²) >= 11 is 0. The van der Waals surface area contributed by atoms with Gasteiger partial charge in [0.05, 0.1) is 26.4 Å². The number of carbonyl (C=O) groups excluding carboxylic acids is 4. The number of ether oxygens (including phenoxy) is 4. The summed E-state index contributed by atoms with van der Waals surface area (Å²) in [5.74, 6) is -2.21. The fourth-order valence-electron chi connectivity index (χ4n) is 10.2. The molecule has 0 aliphatic heterocycles. The Morgan fingerprint density at radius 1 is 0.292 bits per heavy atom. The molecule has 5 unspecified atom stereocenters. The van der Waals surface area contributed by atoms with Gasteiger partial charge in [-0.1, -0.05) is 248 Å². The lowest BCUT2D eigenvalue weighted by molar-refractivity contribution is -0.161. The zero-order chi connectivity index (χ0) is 70.4. The minimum absolute atomic E-state index is 0.0778. The first-order chi connectivity index (χ1) is 46.7. The molecule has 0 radical (unpaired) electrons. The third-order valence-corrected chi connectivity index (χ3v) is 18.0. The fourth-order valence-corrected chi connectivity index (χ4v) is 11.8. The molecule has 3 N–H and O–H groups in total. The van der Waals surface area contributed by atoms with Crippen LogP contribution < -0.4 is 0 Å². The predicted octanol–water partition coefficient (Wildman–Crippen LogP) is 21.7. The molecule has 0 heterocycles. The Bertz CT molecular complexity index is 2110. The first-order valence-electron chi connectivity index (χ1n) is 38.2. The van der Waals surface area contributed by atoms with Gasteiger partial charge < -0.3 is 33.8 Å². The van der Waals surface area contributed by atoms with E-state index in [4.69, 9.17) is 37.0 Å². The molecule has 0 rings (SSSR count). The first kappa shape index (κ1) is 92.5. The SMILES string of the molecule is CCCC/C=C\CCCCCCCC(=O)OC(COC(=O)CCCCCCC/C=C\CCCCCCCC)COP(=O)(O)OCC(O)COP(=O)(O)OCC(COC(=O)CCCCCCC/C=C\C/C=C\CCCCC)OC(=O)CCCCCCC/C=C\C/C=C\CCCCC. The molecule has 96 heavy (non-hydrogen) atoms. The molecule has 0 saturated heterocycles. The molecule has 0 aliphatic rings. The Morgan fingerprint density at radius 3 is 0.833 bits per heavy atom. The van der Waals surface area contributed by atoms with Crippen molar-refractivity contribution in [3.8, 4) is 0 Å². The van der Waals surface area contributed by atoms with E-state index < -0.39 is 97.5 Å². The summed E-state index contributed by atoms with van der Waals surface area (Å²) in [5, 5.41) is 10.6. The summed E-state index contributed by atoms with van der Waals surface area (Å²) in [4.78, 5) is 72.8. The normalized spacial score (nSPS) is 14.4. The average molecular weight is 1400 g/mol. The van der Waals surface area contributed by atoms with Gasteiger partial charge >= 0.3 is 39.5 Å². The zero-order valence-corrected chi connectivity index (χ0v) is 62.6. The molecule has 0 aromatic carbocycles. The summed E-state index contributed by atoms with van der Waals surface area (Å²) < 4.78 is 68.4. The van der Waals surface area contributed by atoms with E-state index in [9.17, 15) is 43.2 Å². The van der Waals surface area contributed by atoms with Gasteiger partial charge in [-0.2, -0.15) is 0 Å². The van der Waals surface area contributed by atoms with Gasteiger partial charge in [0.25, 0.3) is 0 Å². The Hall–Kier alpha value is -3.50. The Kier molecular flexibility index (Phi) is 67.4. The second-order valence-electron chi connectivity index (χ2n) is 25.6. The lowest BCUT2D eigenvalue weighted by Gasteiger charge is -2.21. The number of phosphoric ester groups is 2. The number of hydrogen-bond donors (Lipinski definition) is 3. The average Bonchev–Trinajstić information content (AvgIpc) is 1.98. The van der Waals surface area contributed by atoms with Crippen LogP contribution in [0.4, 0.5) is 0 Å². The van der Waals surface area contributed by atoms with Crippen LogP contribution in [0.25, 0.3) is 0 Å². The lowest BCUT2D eigenvalue weighted by atomic mass is 10.1. The van der Waals surface area contributed by atoms with Crippen LogP contribution >= 0.6 is 15.6 Å². The molecular weight excluding hydrogens is 1260 g/mol. The Balaban J connectivity index is 5.34. The van der Waals surface area contributed by atoms with Crippen molar-refractivity contribution in [3.05, 3.63) is 72.9 Å². The molecule has 0 amide bonds. The maximum atomic E-state index is 13.1. The highest BCUT2D eigenvalue weighted by atomic mass is 31.2. The molecule has 0 fully saturated rings. The van der Waals surface area contributed by atoms with E-state index in [1.807, 2.05) is 0 Å². The van der Waals surface area contributed by atoms with Crippen LogP contribution in [-0.2, 0) is 65.4 Å². The molecule has 0 aromatic heterocycles. The monoisotopic (exact) mass is 1400 g/mol.